The third-order valence-corrected chi connectivity index (χ3v) is 12.1. The van der Waals surface area contributed by atoms with Gasteiger partial charge in [0.1, 0.15) is 18.8 Å². The number of aliphatic hydroxyl groups excluding tert-OH is 2. The van der Waals surface area contributed by atoms with Gasteiger partial charge in [0.15, 0.2) is 24.6 Å². The van der Waals surface area contributed by atoms with Crippen molar-refractivity contribution in [3.8, 4) is 0 Å². The van der Waals surface area contributed by atoms with Crippen molar-refractivity contribution < 1.29 is 58.2 Å². The van der Waals surface area contributed by atoms with Crippen LogP contribution in [0.3, 0.4) is 0 Å². The fraction of sp³-hybridized carbons (Fsp3) is 0.754. The van der Waals surface area contributed by atoms with E-state index in [9.17, 15) is 34.5 Å². The number of rotatable bonds is 45. The summed E-state index contributed by atoms with van der Waals surface area (Å²) in [6.07, 6.45) is 42.3. The molecule has 0 aromatic rings. The van der Waals surface area contributed by atoms with Crippen LogP contribution in [0.25, 0.3) is 0 Å². The molecule has 0 bridgehead atoms. The molecule has 1 aliphatic heterocycles. The lowest BCUT2D eigenvalue weighted by Crippen LogP contribution is -2.61. The number of carboxylic acids is 1. The van der Waals surface area contributed by atoms with E-state index in [4.69, 9.17) is 23.7 Å². The summed E-state index contributed by atoms with van der Waals surface area (Å²) < 4.78 is 28.2. The van der Waals surface area contributed by atoms with Crippen molar-refractivity contribution in [1.82, 2.24) is 0 Å². The summed E-state index contributed by atoms with van der Waals surface area (Å²) in [5, 5.41) is 31.3. The predicted molar refractivity (Wildman–Crippen MR) is 275 cm³/mol. The first kappa shape index (κ1) is 63.4. The molecule has 0 aromatic heterocycles. The minimum absolute atomic E-state index is 0.0606. The van der Waals surface area contributed by atoms with Gasteiger partial charge in [-0.1, -0.05) is 197 Å². The molecule has 1 aliphatic rings. The lowest BCUT2D eigenvalue weighted by atomic mass is 9.98. The number of carboxylic acid groups (broad SMARTS) is 1. The van der Waals surface area contributed by atoms with Gasteiger partial charge in [-0.05, 0) is 70.6 Å². The number of ether oxygens (including phenoxy) is 5. The van der Waals surface area contributed by atoms with Crippen molar-refractivity contribution in [1.29, 1.82) is 0 Å². The van der Waals surface area contributed by atoms with Gasteiger partial charge in [-0.3, -0.25) is 14.4 Å². The number of carbonyl (C=O) groups is 4. The maximum atomic E-state index is 13.0. The molecule has 69 heavy (non-hydrogen) atoms. The molecule has 0 radical (unpaired) electrons. The van der Waals surface area contributed by atoms with Gasteiger partial charge in [-0.2, -0.15) is 0 Å². The molecular formula is C57H96O12. The first-order valence-electron chi connectivity index (χ1n) is 27.3. The van der Waals surface area contributed by atoms with Crippen molar-refractivity contribution in [2.75, 3.05) is 13.2 Å². The van der Waals surface area contributed by atoms with E-state index >= 15 is 0 Å². The van der Waals surface area contributed by atoms with E-state index in [0.717, 1.165) is 64.2 Å². The van der Waals surface area contributed by atoms with Crippen LogP contribution in [-0.2, 0) is 42.9 Å². The lowest BCUT2D eigenvalue weighted by Gasteiger charge is -2.40. The van der Waals surface area contributed by atoms with Gasteiger partial charge >= 0.3 is 23.9 Å². The van der Waals surface area contributed by atoms with E-state index < -0.39 is 67.3 Å². The first-order chi connectivity index (χ1) is 33.6. The van der Waals surface area contributed by atoms with Crippen LogP contribution in [0.1, 0.15) is 226 Å². The monoisotopic (exact) mass is 973 g/mol. The van der Waals surface area contributed by atoms with Crippen molar-refractivity contribution in [3.05, 3.63) is 60.8 Å². The van der Waals surface area contributed by atoms with Crippen LogP contribution in [0.2, 0.25) is 0 Å². The Labute approximate surface area is 417 Å². The summed E-state index contributed by atoms with van der Waals surface area (Å²) in [6.45, 7) is 5.79. The highest BCUT2D eigenvalue weighted by Crippen LogP contribution is 2.26. The molecule has 0 spiro atoms. The summed E-state index contributed by atoms with van der Waals surface area (Å²) in [6, 6.07) is 0. The van der Waals surface area contributed by atoms with Crippen LogP contribution in [0.5, 0.6) is 0 Å². The van der Waals surface area contributed by atoms with Gasteiger partial charge < -0.3 is 39.0 Å². The summed E-state index contributed by atoms with van der Waals surface area (Å²) in [5.41, 5.74) is 0. The second kappa shape index (κ2) is 45.6. The van der Waals surface area contributed by atoms with Crippen LogP contribution in [0.4, 0.5) is 0 Å². The normalized spacial score (nSPS) is 19.1. The highest BCUT2D eigenvalue weighted by Gasteiger charge is 2.50. The molecule has 0 amide bonds. The molecule has 12 nitrogen and oxygen atoms in total. The molecule has 1 rings (SSSR count). The Bertz CT molecular complexity index is 1440. The molecule has 396 valence electrons. The second-order valence-corrected chi connectivity index (χ2v) is 18.5. The number of hydrogen-bond acceptors (Lipinski definition) is 11. The number of unbranched alkanes of at least 4 members (excludes halogenated alkanes) is 21. The molecule has 0 saturated carbocycles. The van der Waals surface area contributed by atoms with Crippen LogP contribution in [0.15, 0.2) is 60.8 Å². The lowest BCUT2D eigenvalue weighted by molar-refractivity contribution is -0.301. The standard InChI is InChI=1S/C57H96O12/c1-4-7-10-13-16-19-21-23-24-25-26-28-29-32-34-37-40-43-49(58)65-46-48(67-50(59)44-41-38-35-31-18-15-12-9-6-3)47-66-57-55(53(62)52(61)54(69-57)56(63)64)68-51(60)45-42-39-36-33-30-27-22-20-17-14-11-8-5-2/h8,11,17,20,23-24,27,30,36,39,48,52-55,57,61-62H,4-7,9-10,12-16,18-19,21-22,25-26,28-29,31-35,37-38,40-47H2,1-3H3,(H,63,64)/b11-8-,20-17-,24-23-,30-27-,39-36-. The predicted octanol–water partition coefficient (Wildman–Crippen LogP) is 13.2. The molecule has 0 aromatic carbocycles. The van der Waals surface area contributed by atoms with Gasteiger partial charge in [-0.25, -0.2) is 4.79 Å². The van der Waals surface area contributed by atoms with E-state index in [1.165, 1.54) is 96.3 Å². The zero-order valence-corrected chi connectivity index (χ0v) is 43.3. The summed E-state index contributed by atoms with van der Waals surface area (Å²) in [5.74, 6) is -3.23. The summed E-state index contributed by atoms with van der Waals surface area (Å²) in [4.78, 5) is 50.8. The molecule has 1 fully saturated rings. The fourth-order valence-electron chi connectivity index (χ4n) is 7.90. The number of aliphatic carboxylic acids is 1. The number of aliphatic hydroxyl groups is 2. The van der Waals surface area contributed by atoms with Gasteiger partial charge in [0.05, 0.1) is 6.61 Å². The van der Waals surface area contributed by atoms with E-state index in [-0.39, 0.29) is 25.9 Å². The third-order valence-electron chi connectivity index (χ3n) is 12.1. The van der Waals surface area contributed by atoms with E-state index in [1.807, 2.05) is 18.2 Å². The molecule has 12 heteroatoms. The van der Waals surface area contributed by atoms with Gasteiger partial charge in [-0.15, -0.1) is 0 Å². The Kier molecular flexibility index (Phi) is 41.9. The van der Waals surface area contributed by atoms with Crippen LogP contribution >= 0.6 is 0 Å². The van der Waals surface area contributed by atoms with Gasteiger partial charge in [0.2, 0.25) is 0 Å². The van der Waals surface area contributed by atoms with Crippen LogP contribution in [-0.4, -0.2) is 89.2 Å². The smallest absolute Gasteiger partial charge is 0.335 e. The first-order valence-corrected chi connectivity index (χ1v) is 27.3. The second-order valence-electron chi connectivity index (χ2n) is 18.5. The summed E-state index contributed by atoms with van der Waals surface area (Å²) >= 11 is 0. The zero-order chi connectivity index (χ0) is 50.4. The molecule has 1 heterocycles. The molecular weight excluding hydrogens is 877 g/mol. The van der Waals surface area contributed by atoms with Crippen molar-refractivity contribution in [2.45, 2.75) is 263 Å². The Hall–Kier alpha value is -3.58. The maximum absolute atomic E-state index is 13.0. The molecule has 6 unspecified atom stereocenters. The van der Waals surface area contributed by atoms with Crippen LogP contribution in [0, 0.1) is 0 Å². The van der Waals surface area contributed by atoms with E-state index in [2.05, 4.69) is 63.3 Å². The number of esters is 3. The summed E-state index contributed by atoms with van der Waals surface area (Å²) in [7, 11) is 0. The number of allylic oxidation sites excluding steroid dienone is 10. The minimum atomic E-state index is -1.92. The van der Waals surface area contributed by atoms with Crippen molar-refractivity contribution >= 4 is 23.9 Å². The van der Waals surface area contributed by atoms with E-state index in [0.29, 0.717) is 25.7 Å². The Morgan fingerprint density at radius 1 is 0.493 bits per heavy atom. The average Bonchev–Trinajstić information content (AvgIpc) is 3.33. The van der Waals surface area contributed by atoms with Crippen molar-refractivity contribution in [2.24, 2.45) is 0 Å². The molecule has 3 N–H and O–H groups in total. The van der Waals surface area contributed by atoms with Gasteiger partial charge in [0.25, 0.3) is 0 Å². The SMILES string of the molecule is CC/C=C\C/C=C\C/C=C\C/C=C\CCC(=O)OC1C(OCC(COC(=O)CCCCCCCCC/C=C\CCCCCCCC)OC(=O)CCCCCCCCCCC)OC(C(=O)O)C(O)C1O. The quantitative estimate of drug-likeness (QED) is 0.0228. The van der Waals surface area contributed by atoms with Gasteiger partial charge in [0, 0.05) is 19.3 Å². The Morgan fingerprint density at radius 2 is 0.942 bits per heavy atom. The number of hydrogen-bond donors (Lipinski definition) is 3. The largest absolute Gasteiger partial charge is 0.479 e. The van der Waals surface area contributed by atoms with E-state index in [1.54, 1.807) is 0 Å². The minimum Gasteiger partial charge on any atom is -0.479 e. The average molecular weight is 973 g/mol. The molecule has 6 atom stereocenters. The number of carbonyl (C=O) groups excluding carboxylic acids is 3. The molecule has 1 saturated heterocycles. The Morgan fingerprint density at radius 3 is 1.45 bits per heavy atom. The fourth-order valence-corrected chi connectivity index (χ4v) is 7.90. The van der Waals surface area contributed by atoms with Crippen LogP contribution < -0.4 is 0 Å². The third kappa shape index (κ3) is 36.1. The molecule has 0 aliphatic carbocycles. The Balaban J connectivity index is 2.71. The topological polar surface area (TPSA) is 175 Å². The highest BCUT2D eigenvalue weighted by atomic mass is 16.7. The zero-order valence-electron chi connectivity index (χ0n) is 43.3. The highest BCUT2D eigenvalue weighted by molar-refractivity contribution is 5.74. The van der Waals surface area contributed by atoms with Crippen molar-refractivity contribution in [3.63, 3.8) is 0 Å². The maximum Gasteiger partial charge on any atom is 0.335 e.